The lowest BCUT2D eigenvalue weighted by atomic mass is 9.84. The summed E-state index contributed by atoms with van der Waals surface area (Å²) in [6.45, 7) is 5.40. The molecule has 0 saturated heterocycles. The molecule has 3 aliphatic rings. The van der Waals surface area contributed by atoms with Gasteiger partial charge < -0.3 is 11.1 Å². The molecule has 3 rings (SSSR count). The monoisotopic (exact) mass is 236 g/mol. The first-order valence-electron chi connectivity index (χ1n) is 7.02. The average Bonchev–Trinajstić information content (AvgIpc) is 2.68. The van der Waals surface area contributed by atoms with Gasteiger partial charge in [0.25, 0.3) is 0 Å². The first-order valence-corrected chi connectivity index (χ1v) is 7.02. The lowest BCUT2D eigenvalue weighted by Crippen LogP contribution is -2.45. The van der Waals surface area contributed by atoms with E-state index >= 15 is 0 Å². The van der Waals surface area contributed by atoms with Crippen LogP contribution in [0.3, 0.4) is 0 Å². The minimum atomic E-state index is 0.107. The van der Waals surface area contributed by atoms with Crippen molar-refractivity contribution in [3.63, 3.8) is 0 Å². The SMILES string of the molecule is CC1(C)CC1CNC(=O)C1C2CCC(C2)C1N. The van der Waals surface area contributed by atoms with Crippen LogP contribution in [0.4, 0.5) is 0 Å². The summed E-state index contributed by atoms with van der Waals surface area (Å²) in [5.74, 6) is 2.21. The van der Waals surface area contributed by atoms with Crippen LogP contribution in [0.2, 0.25) is 0 Å². The third-order valence-corrected chi connectivity index (χ3v) is 5.52. The van der Waals surface area contributed by atoms with Gasteiger partial charge in [-0.2, -0.15) is 0 Å². The zero-order valence-electron chi connectivity index (χ0n) is 10.9. The fraction of sp³-hybridized carbons (Fsp3) is 0.929. The third-order valence-electron chi connectivity index (χ3n) is 5.52. The minimum absolute atomic E-state index is 0.107. The van der Waals surface area contributed by atoms with Crippen molar-refractivity contribution in [3.8, 4) is 0 Å². The summed E-state index contributed by atoms with van der Waals surface area (Å²) >= 11 is 0. The fourth-order valence-electron chi connectivity index (χ4n) is 3.99. The molecular weight excluding hydrogens is 212 g/mol. The van der Waals surface area contributed by atoms with Crippen molar-refractivity contribution in [1.29, 1.82) is 0 Å². The lowest BCUT2D eigenvalue weighted by molar-refractivity contribution is -0.127. The van der Waals surface area contributed by atoms with Crippen molar-refractivity contribution >= 4 is 5.91 Å². The van der Waals surface area contributed by atoms with Gasteiger partial charge in [-0.1, -0.05) is 13.8 Å². The molecule has 0 aliphatic heterocycles. The van der Waals surface area contributed by atoms with Gasteiger partial charge in [0, 0.05) is 12.6 Å². The van der Waals surface area contributed by atoms with Crippen LogP contribution in [0.25, 0.3) is 0 Å². The highest BCUT2D eigenvalue weighted by Gasteiger charge is 2.50. The van der Waals surface area contributed by atoms with Crippen molar-refractivity contribution < 1.29 is 4.79 Å². The summed E-state index contributed by atoms with van der Waals surface area (Å²) in [7, 11) is 0. The Morgan fingerprint density at radius 1 is 1.35 bits per heavy atom. The van der Waals surface area contributed by atoms with Gasteiger partial charge in [-0.05, 0) is 48.9 Å². The van der Waals surface area contributed by atoms with Crippen molar-refractivity contribution in [2.75, 3.05) is 6.54 Å². The number of hydrogen-bond acceptors (Lipinski definition) is 2. The first kappa shape index (κ1) is 11.5. The van der Waals surface area contributed by atoms with E-state index in [1.165, 1.54) is 25.7 Å². The highest BCUT2D eigenvalue weighted by atomic mass is 16.1. The molecule has 3 saturated carbocycles. The van der Waals surface area contributed by atoms with Crippen LogP contribution in [-0.4, -0.2) is 18.5 Å². The molecule has 0 aromatic carbocycles. The number of amides is 1. The van der Waals surface area contributed by atoms with E-state index < -0.39 is 0 Å². The Labute approximate surface area is 104 Å². The number of nitrogens with one attached hydrogen (secondary N) is 1. The van der Waals surface area contributed by atoms with Crippen LogP contribution in [-0.2, 0) is 4.79 Å². The summed E-state index contributed by atoms with van der Waals surface area (Å²) in [5.41, 5.74) is 6.63. The van der Waals surface area contributed by atoms with Gasteiger partial charge in [-0.25, -0.2) is 0 Å². The van der Waals surface area contributed by atoms with Crippen molar-refractivity contribution in [3.05, 3.63) is 0 Å². The fourth-order valence-corrected chi connectivity index (χ4v) is 3.99. The van der Waals surface area contributed by atoms with E-state index in [1.54, 1.807) is 0 Å². The van der Waals surface area contributed by atoms with Crippen LogP contribution < -0.4 is 11.1 Å². The van der Waals surface area contributed by atoms with Crippen LogP contribution in [0.1, 0.15) is 39.5 Å². The molecule has 3 nitrogen and oxygen atoms in total. The maximum absolute atomic E-state index is 12.2. The normalized spacial score (nSPS) is 45.9. The molecule has 0 spiro atoms. The molecule has 1 amide bonds. The molecule has 17 heavy (non-hydrogen) atoms. The van der Waals surface area contributed by atoms with E-state index in [4.69, 9.17) is 5.73 Å². The molecule has 3 heteroatoms. The van der Waals surface area contributed by atoms with Gasteiger partial charge in [0.05, 0.1) is 5.92 Å². The lowest BCUT2D eigenvalue weighted by Gasteiger charge is -2.27. The van der Waals surface area contributed by atoms with E-state index in [2.05, 4.69) is 19.2 Å². The Hall–Kier alpha value is -0.570. The molecule has 0 heterocycles. The molecule has 0 aromatic rings. The second-order valence-electron chi connectivity index (χ2n) is 7.07. The van der Waals surface area contributed by atoms with Gasteiger partial charge >= 0.3 is 0 Å². The van der Waals surface area contributed by atoms with Gasteiger partial charge in [-0.15, -0.1) is 0 Å². The van der Waals surface area contributed by atoms with E-state index in [9.17, 15) is 4.79 Å². The van der Waals surface area contributed by atoms with Gasteiger partial charge in [0.15, 0.2) is 0 Å². The Bertz CT molecular complexity index is 337. The number of carbonyl (C=O) groups is 1. The molecule has 3 aliphatic carbocycles. The Kier molecular flexibility index (Phi) is 2.51. The predicted octanol–water partition coefficient (Wildman–Crippen LogP) is 1.52. The predicted molar refractivity (Wildman–Crippen MR) is 67.2 cm³/mol. The second kappa shape index (κ2) is 3.71. The number of hydrogen-bond donors (Lipinski definition) is 2. The molecule has 5 unspecified atom stereocenters. The number of rotatable bonds is 3. The second-order valence-corrected chi connectivity index (χ2v) is 7.07. The quantitative estimate of drug-likeness (QED) is 0.780. The van der Waals surface area contributed by atoms with Gasteiger partial charge in [0.1, 0.15) is 0 Å². The molecule has 3 fully saturated rings. The average molecular weight is 236 g/mol. The van der Waals surface area contributed by atoms with Crippen molar-refractivity contribution in [2.45, 2.75) is 45.6 Å². The third kappa shape index (κ3) is 1.88. The Morgan fingerprint density at radius 2 is 2.00 bits per heavy atom. The summed E-state index contributed by atoms with van der Waals surface area (Å²) in [5, 5.41) is 3.14. The van der Waals surface area contributed by atoms with E-state index in [0.29, 0.717) is 23.2 Å². The van der Waals surface area contributed by atoms with Gasteiger partial charge in [0.2, 0.25) is 5.91 Å². The molecule has 0 aromatic heterocycles. The zero-order valence-corrected chi connectivity index (χ0v) is 10.9. The summed E-state index contributed by atoms with van der Waals surface area (Å²) in [4.78, 5) is 12.2. The van der Waals surface area contributed by atoms with E-state index in [1.807, 2.05) is 0 Å². The van der Waals surface area contributed by atoms with E-state index in [0.717, 1.165) is 6.54 Å². The summed E-state index contributed by atoms with van der Waals surface area (Å²) in [6, 6.07) is 0.126. The van der Waals surface area contributed by atoms with Gasteiger partial charge in [-0.3, -0.25) is 4.79 Å². The van der Waals surface area contributed by atoms with Crippen molar-refractivity contribution in [1.82, 2.24) is 5.32 Å². The Balaban J connectivity index is 1.53. The highest BCUT2D eigenvalue weighted by molar-refractivity contribution is 5.80. The maximum atomic E-state index is 12.2. The number of carbonyl (C=O) groups excluding carboxylic acids is 1. The smallest absolute Gasteiger partial charge is 0.224 e. The molecule has 2 bridgehead atoms. The largest absolute Gasteiger partial charge is 0.356 e. The summed E-state index contributed by atoms with van der Waals surface area (Å²) < 4.78 is 0. The van der Waals surface area contributed by atoms with Crippen molar-refractivity contribution in [2.24, 2.45) is 34.8 Å². The number of fused-ring (bicyclic) bond motifs is 2. The molecular formula is C14H24N2O. The Morgan fingerprint density at radius 3 is 2.53 bits per heavy atom. The highest BCUT2D eigenvalue weighted by Crippen LogP contribution is 2.51. The topological polar surface area (TPSA) is 55.1 Å². The zero-order chi connectivity index (χ0) is 12.2. The maximum Gasteiger partial charge on any atom is 0.224 e. The molecule has 0 radical (unpaired) electrons. The molecule has 96 valence electrons. The first-order chi connectivity index (χ1) is 7.99. The van der Waals surface area contributed by atoms with E-state index in [-0.39, 0.29) is 17.9 Å². The molecule has 3 N–H and O–H groups in total. The van der Waals surface area contributed by atoms with Crippen LogP contribution in [0.15, 0.2) is 0 Å². The summed E-state index contributed by atoms with van der Waals surface area (Å²) in [6.07, 6.45) is 4.89. The van der Waals surface area contributed by atoms with Crippen LogP contribution in [0, 0.1) is 29.1 Å². The minimum Gasteiger partial charge on any atom is -0.356 e. The van der Waals surface area contributed by atoms with Crippen LogP contribution >= 0.6 is 0 Å². The standard InChI is InChI=1S/C14H24N2O/c1-14(2)6-10(14)7-16-13(17)11-8-3-4-9(5-8)12(11)15/h8-12H,3-7,15H2,1-2H3,(H,16,17). The molecule has 5 atom stereocenters. The number of nitrogens with two attached hydrogens (primary N) is 1. The van der Waals surface area contributed by atoms with Crippen LogP contribution in [0.5, 0.6) is 0 Å².